The van der Waals surface area contributed by atoms with E-state index in [1.807, 2.05) is 49.4 Å². The van der Waals surface area contributed by atoms with Crippen LogP contribution in [-0.4, -0.2) is 39.8 Å². The van der Waals surface area contributed by atoms with Crippen LogP contribution in [0.15, 0.2) is 90.0 Å². The number of halogens is 1. The first-order valence-electron chi connectivity index (χ1n) is 14.5. The van der Waals surface area contributed by atoms with Gasteiger partial charge in [-0.2, -0.15) is 0 Å². The van der Waals surface area contributed by atoms with E-state index in [2.05, 4.69) is 0 Å². The molecule has 1 aliphatic heterocycles. The fourth-order valence-corrected chi connectivity index (χ4v) is 6.78. The van der Waals surface area contributed by atoms with Crippen LogP contribution in [0.1, 0.15) is 50.2 Å². The molecule has 0 bridgehead atoms. The summed E-state index contributed by atoms with van der Waals surface area (Å²) >= 11 is 6.42. The third-order valence-corrected chi connectivity index (χ3v) is 8.78. The third-order valence-electron chi connectivity index (χ3n) is 8.45. The first-order valence-corrected chi connectivity index (χ1v) is 14.9. The largest absolute Gasteiger partial charge is 0.508 e. The van der Waals surface area contributed by atoms with Gasteiger partial charge in [0.2, 0.25) is 11.8 Å². The fourth-order valence-electron chi connectivity index (χ4n) is 6.55. The van der Waals surface area contributed by atoms with Crippen molar-refractivity contribution in [3.63, 3.8) is 0 Å². The van der Waals surface area contributed by atoms with Crippen molar-refractivity contribution >= 4 is 40.8 Å². The minimum atomic E-state index is -0.902. The number of benzene rings is 3. The Morgan fingerprint density at radius 2 is 1.71 bits per heavy atom. The van der Waals surface area contributed by atoms with Crippen LogP contribution in [0.4, 0.5) is 5.69 Å². The second kappa shape index (κ2) is 13.1. The Morgan fingerprint density at radius 1 is 1.02 bits per heavy atom. The molecule has 1 heterocycles. The van der Waals surface area contributed by atoms with Gasteiger partial charge >= 0.3 is 0 Å². The Hall–Kier alpha value is -3.71. The number of carbonyl (C=O) groups excluding carboxylic acids is 2. The summed E-state index contributed by atoms with van der Waals surface area (Å²) in [6.07, 6.45) is 3.82. The summed E-state index contributed by atoms with van der Waals surface area (Å²) < 4.78 is 0. The molecular formula is C35H36ClNO5. The molecule has 2 amide bonds. The van der Waals surface area contributed by atoms with Gasteiger partial charge in [0.25, 0.3) is 0 Å². The number of anilines is 1. The van der Waals surface area contributed by atoms with Crippen molar-refractivity contribution in [2.45, 2.75) is 45.1 Å². The SMILES string of the molecule is CCCC1=C([C@H](O)CC/C(=C/c2ccc(O)cc2Cl)c2ccccc2)[C@H](CO)[C@@H]2C(=O)N(c3ccccc3)C(=O)[C@@H]2C1. The van der Waals surface area contributed by atoms with E-state index in [1.165, 1.54) is 11.0 Å². The summed E-state index contributed by atoms with van der Waals surface area (Å²) in [4.78, 5) is 28.5. The zero-order valence-corrected chi connectivity index (χ0v) is 24.4. The van der Waals surface area contributed by atoms with Gasteiger partial charge in [0, 0.05) is 5.92 Å². The van der Waals surface area contributed by atoms with E-state index in [0.29, 0.717) is 42.0 Å². The highest BCUT2D eigenvalue weighted by atomic mass is 35.5. The van der Waals surface area contributed by atoms with E-state index in [-0.39, 0.29) is 24.2 Å². The topological polar surface area (TPSA) is 98.1 Å². The van der Waals surface area contributed by atoms with Crippen molar-refractivity contribution in [3.8, 4) is 5.75 Å². The molecule has 0 unspecified atom stereocenters. The summed E-state index contributed by atoms with van der Waals surface area (Å²) in [6.45, 7) is 1.72. The van der Waals surface area contributed by atoms with Crippen LogP contribution in [0.25, 0.3) is 11.6 Å². The van der Waals surface area contributed by atoms with E-state index in [4.69, 9.17) is 11.6 Å². The van der Waals surface area contributed by atoms with Crippen LogP contribution in [0, 0.1) is 17.8 Å². The first-order chi connectivity index (χ1) is 20.3. The number of hydrogen-bond donors (Lipinski definition) is 3. The van der Waals surface area contributed by atoms with Crippen LogP contribution in [0.5, 0.6) is 5.75 Å². The molecule has 0 saturated carbocycles. The number of carbonyl (C=O) groups is 2. The van der Waals surface area contributed by atoms with Crippen LogP contribution < -0.4 is 4.90 Å². The van der Waals surface area contributed by atoms with E-state index in [9.17, 15) is 24.9 Å². The lowest BCUT2D eigenvalue weighted by Crippen LogP contribution is -2.39. The Morgan fingerprint density at radius 3 is 2.36 bits per heavy atom. The number of amides is 2. The predicted octanol–water partition coefficient (Wildman–Crippen LogP) is 6.64. The molecule has 0 aromatic heterocycles. The average Bonchev–Trinajstić information content (AvgIpc) is 3.25. The smallest absolute Gasteiger partial charge is 0.238 e. The van der Waals surface area contributed by atoms with Gasteiger partial charge in [-0.3, -0.25) is 14.5 Å². The first kappa shape index (κ1) is 29.8. The molecule has 1 saturated heterocycles. The van der Waals surface area contributed by atoms with Gasteiger partial charge in [0.15, 0.2) is 0 Å². The lowest BCUT2D eigenvalue weighted by Gasteiger charge is -2.36. The Kier molecular flexibility index (Phi) is 9.27. The third kappa shape index (κ3) is 5.93. The minimum Gasteiger partial charge on any atom is -0.508 e. The molecular weight excluding hydrogens is 550 g/mol. The number of fused-ring (bicyclic) bond motifs is 1. The number of nitrogens with zero attached hydrogens (tertiary/aromatic N) is 1. The number of aliphatic hydroxyl groups excluding tert-OH is 2. The van der Waals surface area contributed by atoms with Crippen molar-refractivity contribution in [2.75, 3.05) is 11.5 Å². The Bertz CT molecular complexity index is 1500. The molecule has 0 spiro atoms. The van der Waals surface area contributed by atoms with Gasteiger partial charge in [-0.1, -0.05) is 79.0 Å². The summed E-state index contributed by atoms with van der Waals surface area (Å²) in [5.74, 6) is -2.38. The summed E-state index contributed by atoms with van der Waals surface area (Å²) in [5.41, 5.74) is 4.88. The summed E-state index contributed by atoms with van der Waals surface area (Å²) in [6, 6.07) is 23.6. The lowest BCUT2D eigenvalue weighted by molar-refractivity contribution is -0.123. The number of para-hydroxylation sites is 1. The standard InChI is InChI=1S/C35H36ClNO5/c1-2-9-25-19-28-33(35(42)37(34(28)41)26-12-7-4-8-13-26)29(21-38)32(25)31(40)17-15-23(22-10-5-3-6-11-22)18-24-14-16-27(39)20-30(24)36/h3-8,10-14,16,18,20,28-29,31,33,38-40H,2,9,15,17,19,21H2,1H3/b23-18-/t28-,29+,31-,33-/m1/s1. The second-order valence-corrected chi connectivity index (χ2v) is 11.5. The minimum absolute atomic E-state index is 0.0839. The number of aliphatic hydroxyl groups is 2. The molecule has 3 aromatic rings. The van der Waals surface area contributed by atoms with E-state index >= 15 is 0 Å². The Balaban J connectivity index is 1.45. The van der Waals surface area contributed by atoms with Crippen LogP contribution in [-0.2, 0) is 9.59 Å². The molecule has 7 heteroatoms. The molecule has 0 radical (unpaired) electrons. The van der Waals surface area contributed by atoms with E-state index < -0.39 is 23.9 Å². The molecule has 218 valence electrons. The number of phenolic OH excluding ortho intramolecular Hbond substituents is 1. The number of allylic oxidation sites excluding steroid dienone is 2. The molecule has 1 aliphatic carbocycles. The molecule has 3 aromatic carbocycles. The highest BCUT2D eigenvalue weighted by molar-refractivity contribution is 6.32. The normalized spacial score (nSPS) is 21.6. The van der Waals surface area contributed by atoms with Crippen molar-refractivity contribution in [1.29, 1.82) is 0 Å². The highest BCUT2D eigenvalue weighted by Crippen LogP contribution is 2.48. The maximum absolute atomic E-state index is 13.7. The fraction of sp³-hybridized carbons (Fsp3) is 0.314. The highest BCUT2D eigenvalue weighted by Gasteiger charge is 2.55. The molecule has 1 fully saturated rings. The second-order valence-electron chi connectivity index (χ2n) is 11.1. The molecule has 5 rings (SSSR count). The molecule has 3 N–H and O–H groups in total. The summed E-state index contributed by atoms with van der Waals surface area (Å²) in [7, 11) is 0. The van der Waals surface area contributed by atoms with Crippen molar-refractivity contribution in [1.82, 2.24) is 0 Å². The summed E-state index contributed by atoms with van der Waals surface area (Å²) in [5, 5.41) is 32.6. The van der Waals surface area contributed by atoms with Gasteiger partial charge < -0.3 is 15.3 Å². The van der Waals surface area contributed by atoms with Crippen LogP contribution >= 0.6 is 11.6 Å². The van der Waals surface area contributed by atoms with E-state index in [1.54, 1.807) is 36.4 Å². The monoisotopic (exact) mass is 585 g/mol. The zero-order chi connectivity index (χ0) is 29.8. The number of hydrogen-bond acceptors (Lipinski definition) is 5. The molecule has 42 heavy (non-hydrogen) atoms. The maximum atomic E-state index is 13.7. The molecule has 4 atom stereocenters. The van der Waals surface area contributed by atoms with Gasteiger partial charge in [-0.05, 0) is 84.4 Å². The maximum Gasteiger partial charge on any atom is 0.238 e. The quantitative estimate of drug-likeness (QED) is 0.141. The van der Waals surface area contributed by atoms with E-state index in [0.717, 1.165) is 28.7 Å². The number of imide groups is 1. The zero-order valence-electron chi connectivity index (χ0n) is 23.6. The number of rotatable bonds is 10. The van der Waals surface area contributed by atoms with Gasteiger partial charge in [0.05, 0.1) is 35.3 Å². The number of aromatic hydroxyl groups is 1. The van der Waals surface area contributed by atoms with Crippen molar-refractivity contribution < 1.29 is 24.9 Å². The van der Waals surface area contributed by atoms with Crippen molar-refractivity contribution in [2.24, 2.45) is 17.8 Å². The number of phenols is 1. The Labute approximate surface area is 251 Å². The van der Waals surface area contributed by atoms with Gasteiger partial charge in [-0.15, -0.1) is 0 Å². The molecule has 6 nitrogen and oxygen atoms in total. The van der Waals surface area contributed by atoms with Crippen molar-refractivity contribution in [3.05, 3.63) is 106 Å². The lowest BCUT2D eigenvalue weighted by atomic mass is 9.67. The van der Waals surface area contributed by atoms with Crippen LogP contribution in [0.2, 0.25) is 5.02 Å². The average molecular weight is 586 g/mol. The predicted molar refractivity (Wildman–Crippen MR) is 166 cm³/mol. The van der Waals surface area contributed by atoms with Gasteiger partial charge in [0.1, 0.15) is 5.75 Å². The van der Waals surface area contributed by atoms with Gasteiger partial charge in [-0.25, -0.2) is 0 Å². The molecule has 2 aliphatic rings. The van der Waals surface area contributed by atoms with Crippen LogP contribution in [0.3, 0.4) is 0 Å².